The number of esters is 1. The molecule has 0 heterocycles. The molecule has 1 rings (SSSR count). The van der Waals surface area contributed by atoms with Crippen LogP contribution in [0.1, 0.15) is 10.4 Å². The molecule has 0 bridgehead atoms. The number of methoxy groups -OCH3 is 1. The summed E-state index contributed by atoms with van der Waals surface area (Å²) in [7, 11) is 1.23. The molecule has 1 aromatic rings. The minimum absolute atomic E-state index is 0.346. The van der Waals surface area contributed by atoms with Crippen LogP contribution in [0.2, 0.25) is 0 Å². The third-order valence-corrected chi connectivity index (χ3v) is 2.18. The minimum Gasteiger partial charge on any atom is -0.468 e. The molecule has 0 aromatic heterocycles. The molecule has 1 aromatic carbocycles. The van der Waals surface area contributed by atoms with Gasteiger partial charge >= 0.3 is 5.97 Å². The van der Waals surface area contributed by atoms with Crippen LogP contribution in [-0.2, 0) is 9.53 Å². The Labute approximate surface area is 87.5 Å². The molecule has 0 saturated heterocycles. The Morgan fingerprint density at radius 3 is 2.36 bits per heavy atom. The highest BCUT2D eigenvalue weighted by Gasteiger charge is 2.23. The second-order valence-corrected chi connectivity index (χ2v) is 3.17. The van der Waals surface area contributed by atoms with Gasteiger partial charge in [-0.1, -0.05) is 30.3 Å². The van der Waals surface area contributed by atoms with Crippen molar-refractivity contribution in [2.24, 2.45) is 0 Å². The van der Waals surface area contributed by atoms with Crippen LogP contribution in [-0.4, -0.2) is 24.1 Å². The van der Waals surface area contributed by atoms with Crippen molar-refractivity contribution < 1.29 is 14.3 Å². The summed E-state index contributed by atoms with van der Waals surface area (Å²) in [4.78, 5) is 22.6. The maximum absolute atomic E-state index is 11.6. The van der Waals surface area contributed by atoms with Gasteiger partial charge in [0.1, 0.15) is 0 Å². The van der Waals surface area contributed by atoms with E-state index in [4.69, 9.17) is 0 Å². The van der Waals surface area contributed by atoms with Crippen LogP contribution >= 0.6 is 12.6 Å². The first kappa shape index (κ1) is 10.8. The highest BCUT2D eigenvalue weighted by atomic mass is 32.1. The SMILES string of the molecule is COC(=O)C(S)C(=O)c1ccccc1. The van der Waals surface area contributed by atoms with Crippen LogP contribution in [0.3, 0.4) is 0 Å². The number of thiol groups is 1. The van der Waals surface area contributed by atoms with Crippen molar-refractivity contribution >= 4 is 24.4 Å². The van der Waals surface area contributed by atoms with Gasteiger partial charge in [0.25, 0.3) is 0 Å². The van der Waals surface area contributed by atoms with Crippen molar-refractivity contribution in [3.63, 3.8) is 0 Å². The molecule has 0 aliphatic rings. The summed E-state index contributed by atoms with van der Waals surface area (Å²) in [5.74, 6) is -0.983. The fraction of sp³-hybridized carbons (Fsp3) is 0.200. The minimum atomic E-state index is -1.04. The lowest BCUT2D eigenvalue weighted by atomic mass is 10.1. The molecule has 0 N–H and O–H groups in total. The van der Waals surface area contributed by atoms with Crippen LogP contribution in [0.5, 0.6) is 0 Å². The molecule has 0 spiro atoms. The predicted octanol–water partition coefficient (Wildman–Crippen LogP) is 1.34. The van der Waals surface area contributed by atoms with Crippen molar-refractivity contribution in [2.75, 3.05) is 7.11 Å². The molecule has 3 nitrogen and oxygen atoms in total. The maximum atomic E-state index is 11.6. The monoisotopic (exact) mass is 210 g/mol. The first-order valence-electron chi connectivity index (χ1n) is 4.02. The van der Waals surface area contributed by atoms with Gasteiger partial charge in [-0.3, -0.25) is 9.59 Å². The Morgan fingerprint density at radius 1 is 1.29 bits per heavy atom. The lowest BCUT2D eigenvalue weighted by Gasteiger charge is -2.06. The molecule has 0 saturated carbocycles. The zero-order valence-corrected chi connectivity index (χ0v) is 8.53. The van der Waals surface area contributed by atoms with Crippen molar-refractivity contribution in [1.82, 2.24) is 0 Å². The second-order valence-electron chi connectivity index (χ2n) is 2.66. The quantitative estimate of drug-likeness (QED) is 0.354. The summed E-state index contributed by atoms with van der Waals surface area (Å²) < 4.78 is 4.42. The topological polar surface area (TPSA) is 43.4 Å². The maximum Gasteiger partial charge on any atom is 0.326 e. The third kappa shape index (κ3) is 2.35. The van der Waals surface area contributed by atoms with Gasteiger partial charge in [0.05, 0.1) is 7.11 Å². The Kier molecular flexibility index (Phi) is 3.71. The second kappa shape index (κ2) is 4.81. The predicted molar refractivity (Wildman–Crippen MR) is 55.6 cm³/mol. The van der Waals surface area contributed by atoms with Gasteiger partial charge in [-0.15, -0.1) is 0 Å². The zero-order valence-electron chi connectivity index (χ0n) is 7.64. The molecule has 1 unspecified atom stereocenters. The number of rotatable bonds is 3. The van der Waals surface area contributed by atoms with E-state index in [-0.39, 0.29) is 5.78 Å². The smallest absolute Gasteiger partial charge is 0.326 e. The molecule has 14 heavy (non-hydrogen) atoms. The molecule has 0 fully saturated rings. The molecule has 0 aliphatic heterocycles. The van der Waals surface area contributed by atoms with Gasteiger partial charge in [-0.2, -0.15) is 12.6 Å². The molecule has 0 amide bonds. The van der Waals surface area contributed by atoms with Crippen LogP contribution < -0.4 is 0 Å². The van der Waals surface area contributed by atoms with Crippen LogP contribution in [0.4, 0.5) is 0 Å². The zero-order chi connectivity index (χ0) is 10.6. The third-order valence-electron chi connectivity index (χ3n) is 1.73. The Balaban J connectivity index is 2.81. The number of Topliss-reactive ketones (excluding diaryl/α,β-unsaturated/α-hetero) is 1. The Hall–Kier alpha value is -1.29. The van der Waals surface area contributed by atoms with Gasteiger partial charge in [0, 0.05) is 5.56 Å². The summed E-state index contributed by atoms with van der Waals surface area (Å²) >= 11 is 3.89. The van der Waals surface area contributed by atoms with Gasteiger partial charge in [-0.05, 0) is 0 Å². The van der Waals surface area contributed by atoms with Crippen LogP contribution in [0.25, 0.3) is 0 Å². The summed E-state index contributed by atoms with van der Waals surface area (Å²) in [6.07, 6.45) is 0. The molecule has 1 atom stereocenters. The number of ether oxygens (including phenoxy) is 1. The molecule has 4 heteroatoms. The molecule has 0 radical (unpaired) electrons. The first-order valence-corrected chi connectivity index (χ1v) is 4.53. The summed E-state index contributed by atoms with van der Waals surface area (Å²) in [6.45, 7) is 0. The number of benzene rings is 1. The van der Waals surface area contributed by atoms with E-state index in [1.165, 1.54) is 7.11 Å². The lowest BCUT2D eigenvalue weighted by Crippen LogP contribution is -2.25. The number of carbonyl (C=O) groups is 2. The number of ketones is 1. The van der Waals surface area contributed by atoms with E-state index < -0.39 is 11.2 Å². The number of hydrogen-bond acceptors (Lipinski definition) is 4. The van der Waals surface area contributed by atoms with Gasteiger partial charge in [0.2, 0.25) is 0 Å². The average Bonchev–Trinajstić information content (AvgIpc) is 2.27. The first-order chi connectivity index (χ1) is 6.66. The van der Waals surface area contributed by atoms with Crippen LogP contribution in [0.15, 0.2) is 30.3 Å². The van der Waals surface area contributed by atoms with Gasteiger partial charge < -0.3 is 4.74 Å². The van der Waals surface area contributed by atoms with E-state index in [9.17, 15) is 9.59 Å². The highest BCUT2D eigenvalue weighted by molar-refractivity contribution is 7.82. The fourth-order valence-electron chi connectivity index (χ4n) is 0.979. The van der Waals surface area contributed by atoms with Crippen LogP contribution in [0, 0.1) is 0 Å². The van der Waals surface area contributed by atoms with Gasteiger partial charge in [0.15, 0.2) is 11.0 Å². The number of hydrogen-bond donors (Lipinski definition) is 1. The number of carbonyl (C=O) groups excluding carboxylic acids is 2. The van der Waals surface area contributed by atoms with E-state index in [1.807, 2.05) is 0 Å². The van der Waals surface area contributed by atoms with Gasteiger partial charge in [-0.25, -0.2) is 0 Å². The Morgan fingerprint density at radius 2 is 1.86 bits per heavy atom. The van der Waals surface area contributed by atoms with E-state index in [2.05, 4.69) is 17.4 Å². The van der Waals surface area contributed by atoms with Crippen molar-refractivity contribution in [1.29, 1.82) is 0 Å². The molecule has 74 valence electrons. The molecular formula is C10H10O3S. The summed E-state index contributed by atoms with van der Waals surface area (Å²) in [5.41, 5.74) is 0.456. The van der Waals surface area contributed by atoms with E-state index in [1.54, 1.807) is 30.3 Å². The normalized spacial score (nSPS) is 11.9. The van der Waals surface area contributed by atoms with Crippen molar-refractivity contribution in [2.45, 2.75) is 5.25 Å². The Bertz CT molecular complexity index is 334. The molecule has 0 aliphatic carbocycles. The lowest BCUT2D eigenvalue weighted by molar-refractivity contribution is -0.138. The molecular weight excluding hydrogens is 200 g/mol. The summed E-state index contributed by atoms with van der Waals surface area (Å²) in [6, 6.07) is 8.52. The van der Waals surface area contributed by atoms with E-state index >= 15 is 0 Å². The van der Waals surface area contributed by atoms with E-state index in [0.717, 1.165) is 0 Å². The van der Waals surface area contributed by atoms with Crippen molar-refractivity contribution in [3.8, 4) is 0 Å². The largest absolute Gasteiger partial charge is 0.468 e. The van der Waals surface area contributed by atoms with E-state index in [0.29, 0.717) is 5.56 Å². The highest BCUT2D eigenvalue weighted by Crippen LogP contribution is 2.08. The average molecular weight is 210 g/mol. The van der Waals surface area contributed by atoms with Crippen molar-refractivity contribution in [3.05, 3.63) is 35.9 Å². The standard InChI is InChI=1S/C10H10O3S/c1-13-10(12)9(14)8(11)7-5-3-2-4-6-7/h2-6,9,14H,1H3. The summed E-state index contributed by atoms with van der Waals surface area (Å²) in [5, 5.41) is -1.04. The fourth-order valence-corrected chi connectivity index (χ4v) is 1.23.